The van der Waals surface area contributed by atoms with Gasteiger partial charge < -0.3 is 9.63 Å². The Kier molecular flexibility index (Phi) is 2.18. The number of fused-ring (bicyclic) bond motifs is 1. The number of hydrogen-bond donors (Lipinski definition) is 1. The Balaban J connectivity index is 2.83. The fraction of sp³-hybridized carbons (Fsp3) is 0.273. The molecule has 0 spiro atoms. The fourth-order valence-corrected chi connectivity index (χ4v) is 1.58. The van der Waals surface area contributed by atoms with E-state index < -0.39 is 11.6 Å². The summed E-state index contributed by atoms with van der Waals surface area (Å²) >= 11 is 0. The first-order chi connectivity index (χ1) is 7.41. The van der Waals surface area contributed by atoms with Crippen molar-refractivity contribution in [2.75, 3.05) is 0 Å². The molecule has 5 heteroatoms. The largest absolute Gasteiger partial charge is 0.478 e. The number of benzene rings is 1. The minimum absolute atomic E-state index is 0.000486. The molecule has 84 valence electrons. The quantitative estimate of drug-likeness (QED) is 0.850. The monoisotopic (exact) mass is 223 g/mol. The third-order valence-electron chi connectivity index (χ3n) is 2.29. The number of hydrogen-bond acceptors (Lipinski definition) is 3. The van der Waals surface area contributed by atoms with Gasteiger partial charge in [-0.2, -0.15) is 0 Å². The molecule has 1 aromatic heterocycles. The lowest BCUT2D eigenvalue weighted by atomic mass is 10.00. The average Bonchev–Trinajstić information content (AvgIpc) is 2.59. The molecule has 0 bridgehead atoms. The first kappa shape index (κ1) is 10.6. The first-order valence-electron chi connectivity index (χ1n) is 4.72. The molecule has 0 aliphatic rings. The SMILES string of the molecule is CC(C)(F)c1noc2cccc(C(=O)O)c12. The molecule has 0 fully saturated rings. The van der Waals surface area contributed by atoms with E-state index in [9.17, 15) is 9.18 Å². The lowest BCUT2D eigenvalue weighted by Gasteiger charge is -2.10. The van der Waals surface area contributed by atoms with Crippen molar-refractivity contribution in [1.29, 1.82) is 0 Å². The number of rotatable bonds is 2. The molecule has 0 aliphatic carbocycles. The molecule has 4 nitrogen and oxygen atoms in total. The number of aromatic carboxylic acids is 1. The van der Waals surface area contributed by atoms with Crippen LogP contribution in [0.15, 0.2) is 22.7 Å². The van der Waals surface area contributed by atoms with Crippen molar-refractivity contribution in [3.63, 3.8) is 0 Å². The Morgan fingerprint density at radius 3 is 2.75 bits per heavy atom. The summed E-state index contributed by atoms with van der Waals surface area (Å²) in [7, 11) is 0. The van der Waals surface area contributed by atoms with Crippen LogP contribution in [-0.2, 0) is 5.67 Å². The molecule has 0 saturated heterocycles. The zero-order chi connectivity index (χ0) is 11.9. The molecule has 0 aliphatic heterocycles. The highest BCUT2D eigenvalue weighted by Gasteiger charge is 2.29. The number of halogens is 1. The van der Waals surface area contributed by atoms with Crippen LogP contribution in [0.25, 0.3) is 11.0 Å². The van der Waals surface area contributed by atoms with Crippen LogP contribution in [0.2, 0.25) is 0 Å². The van der Waals surface area contributed by atoms with E-state index in [0.717, 1.165) is 0 Å². The Morgan fingerprint density at radius 2 is 2.19 bits per heavy atom. The molecular weight excluding hydrogens is 213 g/mol. The van der Waals surface area contributed by atoms with E-state index in [0.29, 0.717) is 0 Å². The second-order valence-electron chi connectivity index (χ2n) is 3.99. The maximum Gasteiger partial charge on any atom is 0.336 e. The summed E-state index contributed by atoms with van der Waals surface area (Å²) in [6.07, 6.45) is 0. The highest BCUT2D eigenvalue weighted by atomic mass is 19.1. The van der Waals surface area contributed by atoms with Gasteiger partial charge in [0.05, 0.1) is 10.9 Å². The minimum atomic E-state index is -1.74. The van der Waals surface area contributed by atoms with E-state index in [1.165, 1.54) is 26.0 Å². The molecule has 0 amide bonds. The van der Waals surface area contributed by atoms with Gasteiger partial charge >= 0.3 is 5.97 Å². The normalized spacial score (nSPS) is 11.9. The van der Waals surface area contributed by atoms with Gasteiger partial charge in [0, 0.05) is 0 Å². The lowest BCUT2D eigenvalue weighted by molar-refractivity contribution is 0.0699. The number of alkyl halides is 1. The van der Waals surface area contributed by atoms with Crippen LogP contribution in [0.5, 0.6) is 0 Å². The molecule has 2 rings (SSSR count). The van der Waals surface area contributed by atoms with Gasteiger partial charge in [-0.25, -0.2) is 9.18 Å². The van der Waals surface area contributed by atoms with Crippen LogP contribution in [0.3, 0.4) is 0 Å². The molecule has 0 saturated carbocycles. The fourth-order valence-electron chi connectivity index (χ4n) is 1.58. The lowest BCUT2D eigenvalue weighted by Crippen LogP contribution is -2.11. The molecule has 1 N–H and O–H groups in total. The van der Waals surface area contributed by atoms with E-state index in [-0.39, 0.29) is 22.2 Å². The van der Waals surface area contributed by atoms with Crippen LogP contribution in [0.4, 0.5) is 4.39 Å². The number of carboxylic acids is 1. The molecule has 0 radical (unpaired) electrons. The highest BCUT2D eigenvalue weighted by Crippen LogP contribution is 2.32. The summed E-state index contributed by atoms with van der Waals surface area (Å²) in [5.74, 6) is -1.13. The van der Waals surface area contributed by atoms with Gasteiger partial charge in [0.15, 0.2) is 11.3 Å². The minimum Gasteiger partial charge on any atom is -0.478 e. The topological polar surface area (TPSA) is 63.3 Å². The van der Waals surface area contributed by atoms with Gasteiger partial charge in [-0.1, -0.05) is 11.2 Å². The van der Waals surface area contributed by atoms with Crippen LogP contribution in [0.1, 0.15) is 29.9 Å². The van der Waals surface area contributed by atoms with Crippen molar-refractivity contribution in [2.45, 2.75) is 19.5 Å². The van der Waals surface area contributed by atoms with Gasteiger partial charge in [0.2, 0.25) is 0 Å². The van der Waals surface area contributed by atoms with Crippen LogP contribution in [-0.4, -0.2) is 16.2 Å². The molecule has 0 unspecified atom stereocenters. The summed E-state index contributed by atoms with van der Waals surface area (Å²) in [5.41, 5.74) is -1.45. The van der Waals surface area contributed by atoms with Crippen molar-refractivity contribution in [2.24, 2.45) is 0 Å². The van der Waals surface area contributed by atoms with E-state index in [1.807, 2.05) is 0 Å². The van der Waals surface area contributed by atoms with Crippen molar-refractivity contribution >= 4 is 16.9 Å². The molecular formula is C11H10FNO3. The Labute approximate surface area is 90.7 Å². The smallest absolute Gasteiger partial charge is 0.336 e. The van der Waals surface area contributed by atoms with E-state index in [1.54, 1.807) is 6.07 Å². The van der Waals surface area contributed by atoms with Gasteiger partial charge in [-0.3, -0.25) is 0 Å². The van der Waals surface area contributed by atoms with Crippen molar-refractivity contribution in [3.05, 3.63) is 29.5 Å². The van der Waals surface area contributed by atoms with Gasteiger partial charge in [0.25, 0.3) is 0 Å². The van der Waals surface area contributed by atoms with Crippen LogP contribution in [0, 0.1) is 0 Å². The third-order valence-corrected chi connectivity index (χ3v) is 2.29. The zero-order valence-corrected chi connectivity index (χ0v) is 8.82. The zero-order valence-electron chi connectivity index (χ0n) is 8.82. The van der Waals surface area contributed by atoms with Gasteiger partial charge in [0.1, 0.15) is 5.69 Å². The second-order valence-corrected chi connectivity index (χ2v) is 3.99. The Bertz CT molecular complexity index is 554. The molecule has 1 heterocycles. The summed E-state index contributed by atoms with van der Waals surface area (Å²) in [6.45, 7) is 2.62. The molecule has 2 aromatic rings. The highest BCUT2D eigenvalue weighted by molar-refractivity contribution is 6.03. The maximum absolute atomic E-state index is 13.8. The number of carboxylic acid groups (broad SMARTS) is 1. The van der Waals surface area contributed by atoms with Crippen molar-refractivity contribution in [3.8, 4) is 0 Å². The molecule has 16 heavy (non-hydrogen) atoms. The van der Waals surface area contributed by atoms with Crippen molar-refractivity contribution < 1.29 is 18.8 Å². The molecule has 0 atom stereocenters. The summed E-state index contributed by atoms with van der Waals surface area (Å²) in [6, 6.07) is 4.49. The Hall–Kier alpha value is -1.91. The molecule has 1 aromatic carbocycles. The van der Waals surface area contributed by atoms with Crippen molar-refractivity contribution in [1.82, 2.24) is 5.16 Å². The Morgan fingerprint density at radius 1 is 1.50 bits per heavy atom. The predicted octanol–water partition coefficient (Wildman–Crippen LogP) is 2.73. The van der Waals surface area contributed by atoms with Crippen LogP contribution < -0.4 is 0 Å². The average molecular weight is 223 g/mol. The van der Waals surface area contributed by atoms with E-state index in [4.69, 9.17) is 9.63 Å². The van der Waals surface area contributed by atoms with E-state index >= 15 is 0 Å². The summed E-state index contributed by atoms with van der Waals surface area (Å²) in [5, 5.41) is 12.8. The van der Waals surface area contributed by atoms with E-state index in [2.05, 4.69) is 5.16 Å². The summed E-state index contributed by atoms with van der Waals surface area (Å²) < 4.78 is 18.7. The van der Waals surface area contributed by atoms with Crippen LogP contribution >= 0.6 is 0 Å². The number of carbonyl (C=O) groups is 1. The maximum atomic E-state index is 13.8. The number of nitrogens with zero attached hydrogens (tertiary/aromatic N) is 1. The summed E-state index contributed by atoms with van der Waals surface area (Å²) in [4.78, 5) is 11.0. The number of aromatic nitrogens is 1. The van der Waals surface area contributed by atoms with Gasteiger partial charge in [-0.15, -0.1) is 0 Å². The second kappa shape index (κ2) is 3.30. The predicted molar refractivity (Wildman–Crippen MR) is 55.1 cm³/mol. The third kappa shape index (κ3) is 1.54. The standard InChI is InChI=1S/C11H10FNO3/c1-11(2,12)9-8-6(10(14)15)4-3-5-7(8)16-13-9/h3-5H,1-2H3,(H,14,15). The van der Waals surface area contributed by atoms with Gasteiger partial charge in [-0.05, 0) is 26.0 Å². The first-order valence-corrected chi connectivity index (χ1v) is 4.72.